The van der Waals surface area contributed by atoms with E-state index in [0.29, 0.717) is 0 Å². The average Bonchev–Trinajstić information content (AvgIpc) is 2.51. The summed E-state index contributed by atoms with van der Waals surface area (Å²) in [5.74, 6) is -1.16. The zero-order chi connectivity index (χ0) is 10.3. The second kappa shape index (κ2) is 2.62. The summed E-state index contributed by atoms with van der Waals surface area (Å²) in [7, 11) is 0. The normalized spacial score (nSPS) is 10.9. The summed E-state index contributed by atoms with van der Waals surface area (Å²) in [6.07, 6.45) is 0. The summed E-state index contributed by atoms with van der Waals surface area (Å²) in [6.45, 7) is -0.493. The zero-order valence-electron chi connectivity index (χ0n) is 6.83. The van der Waals surface area contributed by atoms with E-state index in [2.05, 4.69) is 15.0 Å². The molecule has 8 nitrogen and oxygen atoms in total. The predicted molar refractivity (Wildman–Crippen MR) is 45.2 cm³/mol. The van der Waals surface area contributed by atoms with Crippen LogP contribution in [0.3, 0.4) is 0 Å². The Labute approximate surface area is 75.2 Å². The van der Waals surface area contributed by atoms with Crippen molar-refractivity contribution < 1.29 is 9.90 Å². The van der Waals surface area contributed by atoms with Gasteiger partial charge in [-0.25, -0.2) is 9.59 Å². The van der Waals surface area contributed by atoms with Crippen LogP contribution >= 0.6 is 0 Å². The van der Waals surface area contributed by atoms with Gasteiger partial charge in [0.1, 0.15) is 6.54 Å². The second-order valence-corrected chi connectivity index (χ2v) is 2.71. The predicted octanol–water partition coefficient (Wildman–Crippen LogP) is -1.57. The molecule has 2 heterocycles. The number of nitrogens with zero attached hydrogens (tertiary/aromatic N) is 1. The van der Waals surface area contributed by atoms with Crippen molar-refractivity contribution >= 4 is 17.3 Å². The molecule has 0 amide bonds. The summed E-state index contributed by atoms with van der Waals surface area (Å²) in [4.78, 5) is 39.3. The summed E-state index contributed by atoms with van der Waals surface area (Å²) < 4.78 is 0.926. The molecule has 0 unspecified atom stereocenters. The maximum Gasteiger partial charge on any atom is 0.329 e. The van der Waals surface area contributed by atoms with Crippen molar-refractivity contribution in [2.24, 2.45) is 0 Å². The van der Waals surface area contributed by atoms with Crippen LogP contribution in [0.25, 0.3) is 11.3 Å². The van der Waals surface area contributed by atoms with Gasteiger partial charge in [0.15, 0.2) is 11.3 Å². The monoisotopic (exact) mass is 198 g/mol. The first-order chi connectivity index (χ1) is 6.58. The van der Waals surface area contributed by atoms with Crippen molar-refractivity contribution in [1.29, 1.82) is 0 Å². The number of carbonyl (C=O) groups is 1. The number of hydrogen-bond acceptors (Lipinski definition) is 3. The number of aliphatic carboxylic acids is 1. The van der Waals surface area contributed by atoms with Gasteiger partial charge in [0.25, 0.3) is 0 Å². The fourth-order valence-electron chi connectivity index (χ4n) is 1.23. The Morgan fingerprint density at radius 3 is 2.64 bits per heavy atom. The van der Waals surface area contributed by atoms with E-state index in [-0.39, 0.29) is 11.3 Å². The smallest absolute Gasteiger partial charge is 0.329 e. The molecule has 14 heavy (non-hydrogen) atoms. The molecule has 0 saturated carbocycles. The fourth-order valence-corrected chi connectivity index (χ4v) is 1.23. The molecular formula is C6H6N4O4. The van der Waals surface area contributed by atoms with E-state index in [9.17, 15) is 14.4 Å². The molecule has 2 aromatic rings. The topological polar surface area (TPSA) is 124 Å². The number of hydrogen-bond donors (Lipinski definition) is 4. The SMILES string of the molecule is O=C(O)Cn1c(=O)[nH]c2[nH]c(=O)[nH]c21. The molecule has 0 aromatic carbocycles. The lowest BCUT2D eigenvalue weighted by molar-refractivity contribution is -0.137. The van der Waals surface area contributed by atoms with Crippen LogP contribution in [0.4, 0.5) is 0 Å². The largest absolute Gasteiger partial charge is 0.480 e. The van der Waals surface area contributed by atoms with Crippen LogP contribution in [0.2, 0.25) is 0 Å². The van der Waals surface area contributed by atoms with Gasteiger partial charge in [0, 0.05) is 0 Å². The van der Waals surface area contributed by atoms with E-state index in [4.69, 9.17) is 5.11 Å². The standard InChI is InChI=1S/C6H6N4O4/c11-2(12)1-10-4-3(8-6(10)14)7-5(13)9-4/h1H2,(H,8,14)(H,11,12)(H2,7,9,13). The molecular weight excluding hydrogens is 192 g/mol. The molecule has 2 rings (SSSR count). The molecule has 0 fully saturated rings. The number of aromatic amines is 3. The molecule has 0 aliphatic rings. The first-order valence-corrected chi connectivity index (χ1v) is 3.70. The number of fused-ring (bicyclic) bond motifs is 1. The molecule has 0 atom stereocenters. The maximum absolute atomic E-state index is 11.1. The fraction of sp³-hybridized carbons (Fsp3) is 0.167. The lowest BCUT2D eigenvalue weighted by Gasteiger charge is -1.93. The Hall–Kier alpha value is -2.25. The first kappa shape index (κ1) is 8.35. The summed E-state index contributed by atoms with van der Waals surface area (Å²) in [5, 5.41) is 8.50. The molecule has 74 valence electrons. The van der Waals surface area contributed by atoms with Crippen LogP contribution in [0, 0.1) is 0 Å². The molecule has 4 N–H and O–H groups in total. The third-order valence-electron chi connectivity index (χ3n) is 1.75. The van der Waals surface area contributed by atoms with E-state index in [1.807, 2.05) is 0 Å². The van der Waals surface area contributed by atoms with Crippen LogP contribution in [0.1, 0.15) is 0 Å². The van der Waals surface area contributed by atoms with Gasteiger partial charge in [-0.15, -0.1) is 0 Å². The van der Waals surface area contributed by atoms with Gasteiger partial charge in [-0.2, -0.15) is 0 Å². The van der Waals surface area contributed by atoms with E-state index >= 15 is 0 Å². The first-order valence-electron chi connectivity index (χ1n) is 3.70. The van der Waals surface area contributed by atoms with Gasteiger partial charge in [-0.3, -0.25) is 24.3 Å². The van der Waals surface area contributed by atoms with Gasteiger partial charge < -0.3 is 5.11 Å². The summed E-state index contributed by atoms with van der Waals surface area (Å²) in [5.41, 5.74) is -0.723. The summed E-state index contributed by atoms with van der Waals surface area (Å²) in [6, 6.07) is 0. The third kappa shape index (κ3) is 1.13. The minimum atomic E-state index is -1.16. The van der Waals surface area contributed by atoms with Gasteiger partial charge in [0.2, 0.25) is 0 Å². The lowest BCUT2D eigenvalue weighted by atomic mass is 10.6. The Balaban J connectivity index is 2.71. The van der Waals surface area contributed by atoms with Crippen LogP contribution < -0.4 is 11.4 Å². The van der Waals surface area contributed by atoms with Crippen molar-refractivity contribution in [3.63, 3.8) is 0 Å². The van der Waals surface area contributed by atoms with E-state index in [1.165, 1.54) is 0 Å². The zero-order valence-corrected chi connectivity index (χ0v) is 6.83. The Kier molecular flexibility index (Phi) is 1.56. The molecule has 0 aliphatic carbocycles. The van der Waals surface area contributed by atoms with Crippen molar-refractivity contribution in [3.05, 3.63) is 21.0 Å². The Morgan fingerprint density at radius 1 is 1.29 bits per heavy atom. The molecule has 0 spiro atoms. The second-order valence-electron chi connectivity index (χ2n) is 2.71. The average molecular weight is 198 g/mol. The van der Waals surface area contributed by atoms with E-state index in [0.717, 1.165) is 4.57 Å². The Bertz CT molecular complexity index is 597. The highest BCUT2D eigenvalue weighted by atomic mass is 16.4. The van der Waals surface area contributed by atoms with Crippen molar-refractivity contribution in [2.45, 2.75) is 6.54 Å². The number of aromatic nitrogens is 4. The quantitative estimate of drug-likeness (QED) is 0.465. The molecule has 8 heteroatoms. The van der Waals surface area contributed by atoms with Gasteiger partial charge in [0.05, 0.1) is 0 Å². The highest BCUT2D eigenvalue weighted by Gasteiger charge is 2.11. The number of imidazole rings is 2. The number of nitrogens with one attached hydrogen (secondary N) is 3. The van der Waals surface area contributed by atoms with Crippen molar-refractivity contribution in [1.82, 2.24) is 19.5 Å². The van der Waals surface area contributed by atoms with Crippen molar-refractivity contribution in [2.75, 3.05) is 0 Å². The molecule has 2 aromatic heterocycles. The minimum Gasteiger partial charge on any atom is -0.480 e. The highest BCUT2D eigenvalue weighted by molar-refractivity contribution is 5.71. The third-order valence-corrected chi connectivity index (χ3v) is 1.75. The van der Waals surface area contributed by atoms with Gasteiger partial charge in [-0.1, -0.05) is 0 Å². The molecule has 0 bridgehead atoms. The summed E-state index contributed by atoms with van der Waals surface area (Å²) >= 11 is 0. The highest BCUT2D eigenvalue weighted by Crippen LogP contribution is 1.99. The van der Waals surface area contributed by atoms with Crippen LogP contribution in [-0.2, 0) is 11.3 Å². The molecule has 0 saturated heterocycles. The minimum absolute atomic E-state index is 0.155. The number of carboxylic acids is 1. The number of H-pyrrole nitrogens is 3. The number of carboxylic acid groups (broad SMARTS) is 1. The van der Waals surface area contributed by atoms with Crippen molar-refractivity contribution in [3.8, 4) is 0 Å². The Morgan fingerprint density at radius 2 is 2.00 bits per heavy atom. The van der Waals surface area contributed by atoms with Crippen LogP contribution in [-0.4, -0.2) is 30.6 Å². The lowest BCUT2D eigenvalue weighted by Crippen LogP contribution is -2.22. The van der Waals surface area contributed by atoms with Crippen LogP contribution in [0.5, 0.6) is 0 Å². The maximum atomic E-state index is 11.1. The van der Waals surface area contributed by atoms with Gasteiger partial charge >= 0.3 is 17.3 Å². The molecule has 0 radical (unpaired) electrons. The van der Waals surface area contributed by atoms with Gasteiger partial charge in [-0.05, 0) is 0 Å². The number of rotatable bonds is 2. The van der Waals surface area contributed by atoms with E-state index in [1.54, 1.807) is 0 Å². The molecule has 0 aliphatic heterocycles. The van der Waals surface area contributed by atoms with Crippen LogP contribution in [0.15, 0.2) is 9.59 Å². The van der Waals surface area contributed by atoms with E-state index < -0.39 is 23.9 Å².